The van der Waals surface area contributed by atoms with Crippen molar-refractivity contribution in [2.24, 2.45) is 28.6 Å². The number of fused-ring (bicyclic) bond motifs is 5. The first-order valence-electron chi connectivity index (χ1n) is 10.9. The Morgan fingerprint density at radius 3 is 2.56 bits per heavy atom. The fraction of sp³-hybridized carbons (Fsp3) is 0.625. The highest BCUT2D eigenvalue weighted by atomic mass is 19.4. The number of Topliss-reactive ketones (excluding diaryl/α,β-unsaturated/α-hetero) is 1. The summed E-state index contributed by atoms with van der Waals surface area (Å²) in [6.07, 6.45) is 1.95. The Morgan fingerprint density at radius 1 is 1.25 bits per heavy atom. The van der Waals surface area contributed by atoms with E-state index in [1.807, 2.05) is 6.08 Å². The Kier molecular flexibility index (Phi) is 5.12. The molecule has 0 spiro atoms. The van der Waals surface area contributed by atoms with Crippen LogP contribution in [0.5, 0.6) is 0 Å². The molecular weight excluding hydrogens is 425 g/mol. The highest BCUT2D eigenvalue weighted by Gasteiger charge is 2.66. The van der Waals surface area contributed by atoms with Gasteiger partial charge in [0, 0.05) is 17.8 Å². The first kappa shape index (κ1) is 23.0. The Balaban J connectivity index is 1.76. The molecule has 4 aliphatic rings. The molecule has 5 nitrogen and oxygen atoms in total. The van der Waals surface area contributed by atoms with Crippen LogP contribution in [0.1, 0.15) is 46.5 Å². The van der Waals surface area contributed by atoms with Crippen LogP contribution in [-0.2, 0) is 19.1 Å². The Hall–Kier alpha value is -2.22. The molecule has 4 rings (SSSR count). The molecule has 0 saturated heterocycles. The number of carbonyl (C=O) groups excluding carboxylic acids is 3. The van der Waals surface area contributed by atoms with Crippen LogP contribution in [0.25, 0.3) is 0 Å². The number of ether oxygens (including phenoxy) is 1. The maximum atomic E-state index is 14.1. The molecule has 4 aliphatic carbocycles. The third kappa shape index (κ3) is 3.13. The summed E-state index contributed by atoms with van der Waals surface area (Å²) in [7, 11) is 0. The van der Waals surface area contributed by atoms with Crippen LogP contribution in [0.2, 0.25) is 0 Å². The molecule has 2 fully saturated rings. The van der Waals surface area contributed by atoms with E-state index in [1.165, 1.54) is 13.0 Å². The molecule has 174 valence electrons. The molecule has 0 aromatic heterocycles. The zero-order valence-electron chi connectivity index (χ0n) is 18.3. The molecule has 8 heteroatoms. The Bertz CT molecular complexity index is 977. The number of rotatable bonds is 3. The topological polar surface area (TPSA) is 80.7 Å². The van der Waals surface area contributed by atoms with Crippen LogP contribution < -0.4 is 0 Å². The van der Waals surface area contributed by atoms with Crippen molar-refractivity contribution in [2.45, 2.75) is 58.2 Å². The number of ketones is 2. The van der Waals surface area contributed by atoms with Crippen LogP contribution >= 0.6 is 0 Å². The minimum Gasteiger partial charge on any atom is -0.458 e. The van der Waals surface area contributed by atoms with Crippen molar-refractivity contribution in [3.8, 4) is 0 Å². The summed E-state index contributed by atoms with van der Waals surface area (Å²) >= 11 is 0. The van der Waals surface area contributed by atoms with Crippen LogP contribution in [0.15, 0.2) is 35.5 Å². The second-order valence-electron chi connectivity index (χ2n) is 9.96. The Labute approximate surface area is 184 Å². The van der Waals surface area contributed by atoms with Gasteiger partial charge in [0.15, 0.2) is 12.4 Å². The summed E-state index contributed by atoms with van der Waals surface area (Å²) in [4.78, 5) is 35.9. The van der Waals surface area contributed by atoms with Crippen LogP contribution in [-0.4, -0.2) is 41.0 Å². The smallest absolute Gasteiger partial charge is 0.395 e. The number of allylic oxidation sites excluding steroid dienone is 6. The maximum Gasteiger partial charge on any atom is 0.395 e. The van der Waals surface area contributed by atoms with Gasteiger partial charge in [-0.15, -0.1) is 0 Å². The zero-order valence-corrected chi connectivity index (χ0v) is 18.3. The van der Waals surface area contributed by atoms with Gasteiger partial charge in [0.05, 0.1) is 5.92 Å². The number of carbonyl (C=O) groups is 3. The van der Waals surface area contributed by atoms with E-state index in [0.29, 0.717) is 12.8 Å². The van der Waals surface area contributed by atoms with Crippen LogP contribution in [0.3, 0.4) is 0 Å². The zero-order chi connectivity index (χ0) is 23.7. The summed E-state index contributed by atoms with van der Waals surface area (Å²) in [5, 5.41) is 11.4. The van der Waals surface area contributed by atoms with Crippen molar-refractivity contribution >= 4 is 17.5 Å². The quantitative estimate of drug-likeness (QED) is 0.520. The molecule has 0 aliphatic heterocycles. The van der Waals surface area contributed by atoms with Crippen molar-refractivity contribution in [3.05, 3.63) is 35.5 Å². The molecule has 0 radical (unpaired) electrons. The van der Waals surface area contributed by atoms with Gasteiger partial charge in [-0.1, -0.05) is 24.6 Å². The SMILES string of the molecule is CC(=O)OCC(=O)[C@@]1(O)CCC2C3CC(C(F)(F)F)C4=CC(=O)C=C[C@]4(C)C3=CC[C@@]21C. The third-order valence-corrected chi connectivity index (χ3v) is 8.42. The van der Waals surface area contributed by atoms with E-state index in [1.54, 1.807) is 19.9 Å². The standard InChI is InChI=1S/C24H27F3O5/c1-13(28)32-12-20(30)23(31)9-6-17-15-11-19(24(25,26)27)18-10-14(29)4-7-21(18,2)16(15)5-8-22(17,23)3/h4-5,7,10,15,17,19,31H,6,8-9,11-12H2,1-3H3/t15?,17?,19?,21-,22+,23+/m1/s1. The van der Waals surface area contributed by atoms with E-state index in [9.17, 15) is 32.7 Å². The molecular formula is C24H27F3O5. The number of esters is 1. The van der Waals surface area contributed by atoms with Crippen molar-refractivity contribution in [1.29, 1.82) is 0 Å². The number of hydrogen-bond donors (Lipinski definition) is 1. The number of halogens is 3. The molecule has 2 saturated carbocycles. The summed E-state index contributed by atoms with van der Waals surface area (Å²) in [5.74, 6) is -4.31. The van der Waals surface area contributed by atoms with Crippen molar-refractivity contribution < 1.29 is 37.4 Å². The fourth-order valence-corrected chi connectivity index (χ4v) is 6.68. The molecule has 0 aromatic carbocycles. The number of alkyl halides is 3. The summed E-state index contributed by atoms with van der Waals surface area (Å²) < 4.78 is 47.2. The highest BCUT2D eigenvalue weighted by Crippen LogP contribution is 2.67. The second kappa shape index (κ2) is 7.14. The van der Waals surface area contributed by atoms with E-state index in [0.717, 1.165) is 11.6 Å². The van der Waals surface area contributed by atoms with Crippen LogP contribution in [0, 0.1) is 28.6 Å². The maximum absolute atomic E-state index is 14.1. The second-order valence-corrected chi connectivity index (χ2v) is 9.96. The fourth-order valence-electron chi connectivity index (χ4n) is 6.68. The van der Waals surface area contributed by atoms with Crippen molar-refractivity contribution in [1.82, 2.24) is 0 Å². The summed E-state index contributed by atoms with van der Waals surface area (Å²) in [6, 6.07) is 0. The van der Waals surface area contributed by atoms with Crippen molar-refractivity contribution in [2.75, 3.05) is 6.61 Å². The molecule has 3 unspecified atom stereocenters. The van der Waals surface area contributed by atoms with E-state index in [2.05, 4.69) is 0 Å². The summed E-state index contributed by atoms with van der Waals surface area (Å²) in [5.41, 5.74) is -2.88. The number of hydrogen-bond acceptors (Lipinski definition) is 5. The van der Waals surface area contributed by atoms with E-state index in [-0.39, 0.29) is 24.3 Å². The summed E-state index contributed by atoms with van der Waals surface area (Å²) in [6.45, 7) is 4.07. The van der Waals surface area contributed by atoms with E-state index >= 15 is 0 Å². The molecule has 1 N–H and O–H groups in total. The van der Waals surface area contributed by atoms with Gasteiger partial charge >= 0.3 is 12.1 Å². The molecule has 0 heterocycles. The lowest BCUT2D eigenvalue weighted by atomic mass is 9.49. The number of aliphatic hydroxyl groups is 1. The van der Waals surface area contributed by atoms with E-state index in [4.69, 9.17) is 4.74 Å². The van der Waals surface area contributed by atoms with Gasteiger partial charge in [0.25, 0.3) is 0 Å². The van der Waals surface area contributed by atoms with Gasteiger partial charge < -0.3 is 9.84 Å². The molecule has 0 bridgehead atoms. The lowest BCUT2D eigenvalue weighted by Crippen LogP contribution is -2.56. The highest BCUT2D eigenvalue weighted by molar-refractivity contribution is 6.01. The van der Waals surface area contributed by atoms with Gasteiger partial charge in [-0.25, -0.2) is 0 Å². The van der Waals surface area contributed by atoms with Gasteiger partial charge in [-0.3, -0.25) is 14.4 Å². The van der Waals surface area contributed by atoms with E-state index < -0.39 is 58.6 Å². The molecule has 0 aromatic rings. The van der Waals surface area contributed by atoms with Gasteiger partial charge in [-0.05, 0) is 62.2 Å². The predicted octanol–water partition coefficient (Wildman–Crippen LogP) is 3.87. The van der Waals surface area contributed by atoms with Crippen LogP contribution in [0.4, 0.5) is 13.2 Å². The molecule has 6 atom stereocenters. The monoisotopic (exact) mass is 452 g/mol. The van der Waals surface area contributed by atoms with Gasteiger partial charge in [0.2, 0.25) is 5.78 Å². The average Bonchev–Trinajstić information content (AvgIpc) is 2.97. The van der Waals surface area contributed by atoms with Crippen molar-refractivity contribution in [3.63, 3.8) is 0 Å². The minimum atomic E-state index is -4.52. The van der Waals surface area contributed by atoms with Gasteiger partial charge in [-0.2, -0.15) is 13.2 Å². The molecule has 0 amide bonds. The first-order valence-corrected chi connectivity index (χ1v) is 10.9. The molecule has 32 heavy (non-hydrogen) atoms. The normalized spacial score (nSPS) is 40.6. The lowest BCUT2D eigenvalue weighted by Gasteiger charge is -2.55. The average molecular weight is 452 g/mol. The third-order valence-electron chi connectivity index (χ3n) is 8.42. The largest absolute Gasteiger partial charge is 0.458 e. The lowest BCUT2D eigenvalue weighted by molar-refractivity contribution is -0.179. The minimum absolute atomic E-state index is 0.0720. The first-order chi connectivity index (χ1) is 14.7. The van der Waals surface area contributed by atoms with Gasteiger partial charge in [0.1, 0.15) is 5.60 Å². The predicted molar refractivity (Wildman–Crippen MR) is 108 cm³/mol. The Morgan fingerprint density at radius 2 is 1.94 bits per heavy atom.